The molecule has 7 heteroatoms. The largest absolute Gasteiger partial charge is 1.00 e. The van der Waals surface area contributed by atoms with Crippen LogP contribution in [-0.2, 0) is 0 Å². The number of rotatable bonds is 1. The predicted molar refractivity (Wildman–Crippen MR) is 34.6 cm³/mol. The molecule has 0 unspecified atom stereocenters. The van der Waals surface area contributed by atoms with E-state index in [2.05, 4.69) is 0 Å². The van der Waals surface area contributed by atoms with Crippen LogP contribution in [0.5, 0.6) is 0 Å². The Kier molecular flexibility index (Phi) is 36.0. The fraction of sp³-hybridized carbons (Fsp3) is 0. The second-order valence-electron chi connectivity index (χ2n) is 1.65. The molecular formula is C7H7Na3O4. The van der Waals surface area contributed by atoms with Crippen molar-refractivity contribution < 1.29 is 110 Å². The number of carbonyl (C=O) groups is 1. The van der Waals surface area contributed by atoms with Gasteiger partial charge in [0.05, 0.1) is 5.97 Å². The van der Waals surface area contributed by atoms with Crippen LogP contribution in [0.4, 0.5) is 0 Å². The van der Waals surface area contributed by atoms with Crippen LogP contribution >= 0.6 is 0 Å². The first kappa shape index (κ1) is 29.6. The van der Waals surface area contributed by atoms with E-state index in [0.717, 1.165) is 0 Å². The van der Waals surface area contributed by atoms with Crippen molar-refractivity contribution in [2.75, 3.05) is 0 Å². The van der Waals surface area contributed by atoms with E-state index in [1.807, 2.05) is 0 Å². The summed E-state index contributed by atoms with van der Waals surface area (Å²) >= 11 is 0. The summed E-state index contributed by atoms with van der Waals surface area (Å²) in [4.78, 5) is 10.1. The van der Waals surface area contributed by atoms with E-state index in [1.54, 1.807) is 18.2 Å². The molecule has 0 heterocycles. The summed E-state index contributed by atoms with van der Waals surface area (Å²) < 4.78 is 0. The Morgan fingerprint density at radius 3 is 1.50 bits per heavy atom. The molecule has 0 radical (unpaired) electrons. The molecule has 0 spiro atoms. The van der Waals surface area contributed by atoms with Crippen LogP contribution in [0.3, 0.4) is 0 Å². The van der Waals surface area contributed by atoms with Crippen molar-refractivity contribution in [1.82, 2.24) is 0 Å². The maximum Gasteiger partial charge on any atom is 1.00 e. The van der Waals surface area contributed by atoms with Gasteiger partial charge in [0.15, 0.2) is 0 Å². The topological polar surface area (TPSA) is 100 Å². The summed E-state index contributed by atoms with van der Waals surface area (Å²) in [6.07, 6.45) is 0. The van der Waals surface area contributed by atoms with Crippen molar-refractivity contribution >= 4 is 5.97 Å². The summed E-state index contributed by atoms with van der Waals surface area (Å²) in [6.45, 7) is 0. The van der Waals surface area contributed by atoms with Crippen molar-refractivity contribution in [2.24, 2.45) is 0 Å². The Morgan fingerprint density at radius 1 is 0.929 bits per heavy atom. The molecule has 14 heavy (non-hydrogen) atoms. The molecule has 0 aliphatic rings. The molecule has 0 aliphatic carbocycles. The van der Waals surface area contributed by atoms with E-state index in [0.29, 0.717) is 0 Å². The molecule has 1 rings (SSSR count). The van der Waals surface area contributed by atoms with E-state index in [4.69, 9.17) is 0 Å². The normalized spacial score (nSPS) is 5.71. The third-order valence-corrected chi connectivity index (χ3v) is 1.01. The Labute approximate surface area is 149 Å². The second kappa shape index (κ2) is 17.0. The molecule has 4 nitrogen and oxygen atoms in total. The van der Waals surface area contributed by atoms with Gasteiger partial charge in [-0.25, -0.2) is 0 Å². The Balaban J connectivity index is -0.0000000540. The van der Waals surface area contributed by atoms with Gasteiger partial charge in [-0.1, -0.05) is 30.3 Å². The maximum atomic E-state index is 10.1. The Morgan fingerprint density at radius 2 is 1.29 bits per heavy atom. The van der Waals surface area contributed by atoms with Crippen LogP contribution in [0.2, 0.25) is 0 Å². The molecule has 0 fully saturated rings. The van der Waals surface area contributed by atoms with Gasteiger partial charge in [0.2, 0.25) is 0 Å². The van der Waals surface area contributed by atoms with E-state index in [-0.39, 0.29) is 105 Å². The van der Waals surface area contributed by atoms with Gasteiger partial charge in [-0.2, -0.15) is 0 Å². The molecule has 0 atom stereocenters. The minimum Gasteiger partial charge on any atom is -0.870 e. The first-order chi connectivity index (χ1) is 4.30. The van der Waals surface area contributed by atoms with Crippen LogP contribution in [0.1, 0.15) is 10.4 Å². The average Bonchev–Trinajstić information content (AvgIpc) is 1.90. The zero-order valence-electron chi connectivity index (χ0n) is 8.60. The van der Waals surface area contributed by atoms with Gasteiger partial charge in [0, 0.05) is 0 Å². The summed E-state index contributed by atoms with van der Waals surface area (Å²) in [5, 5.41) is 10.1. The predicted octanol–water partition coefficient (Wildman–Crippen LogP) is -9.29. The number of hydrogen-bond acceptors (Lipinski definition) is 4. The van der Waals surface area contributed by atoms with Crippen LogP contribution in [0, 0.1) is 0 Å². The fourth-order valence-electron chi connectivity index (χ4n) is 0.574. The molecule has 2 N–H and O–H groups in total. The molecule has 1 aromatic carbocycles. The number of benzene rings is 1. The third-order valence-electron chi connectivity index (χ3n) is 1.01. The Hall–Kier alpha value is 1.61. The molecule has 0 amide bonds. The second-order valence-corrected chi connectivity index (χ2v) is 1.65. The van der Waals surface area contributed by atoms with Crippen molar-refractivity contribution in [2.45, 2.75) is 0 Å². The van der Waals surface area contributed by atoms with Crippen LogP contribution < -0.4 is 93.8 Å². The minimum absolute atomic E-state index is 0. The van der Waals surface area contributed by atoms with Gasteiger partial charge < -0.3 is 20.9 Å². The number of carboxylic acid groups (broad SMARTS) is 1. The van der Waals surface area contributed by atoms with Gasteiger partial charge in [0.25, 0.3) is 0 Å². The van der Waals surface area contributed by atoms with Crippen LogP contribution in [0.15, 0.2) is 30.3 Å². The van der Waals surface area contributed by atoms with Crippen molar-refractivity contribution in [3.63, 3.8) is 0 Å². The monoisotopic (exact) mass is 224 g/mol. The van der Waals surface area contributed by atoms with E-state index < -0.39 is 5.97 Å². The van der Waals surface area contributed by atoms with Gasteiger partial charge in [-0.05, 0) is 5.56 Å². The Bertz CT molecular complexity index is 217. The van der Waals surface area contributed by atoms with Gasteiger partial charge in [-0.3, -0.25) is 0 Å². The fourth-order valence-corrected chi connectivity index (χ4v) is 0.574. The standard InChI is InChI=1S/C7H6O2.3Na.2H2O/c8-7(9)6-4-2-1-3-5-6;;;;;/h1-5H,(H,8,9);;;;2*1H2/q;3*+1;;/p-3. The van der Waals surface area contributed by atoms with Crippen molar-refractivity contribution in [1.29, 1.82) is 0 Å². The summed E-state index contributed by atoms with van der Waals surface area (Å²) in [5.41, 5.74) is 0.220. The smallest absolute Gasteiger partial charge is 0.870 e. The van der Waals surface area contributed by atoms with Crippen molar-refractivity contribution in [3.05, 3.63) is 35.9 Å². The quantitative estimate of drug-likeness (QED) is 0.442. The van der Waals surface area contributed by atoms with E-state index in [9.17, 15) is 9.90 Å². The van der Waals surface area contributed by atoms with Crippen molar-refractivity contribution in [3.8, 4) is 0 Å². The van der Waals surface area contributed by atoms with Gasteiger partial charge >= 0.3 is 88.7 Å². The van der Waals surface area contributed by atoms with Gasteiger partial charge in [0.1, 0.15) is 0 Å². The molecule has 1 aromatic rings. The zero-order chi connectivity index (χ0) is 6.69. The molecule has 0 bridgehead atoms. The minimum atomic E-state index is -1.13. The molecular weight excluding hydrogens is 217 g/mol. The first-order valence-corrected chi connectivity index (χ1v) is 2.57. The number of carbonyl (C=O) groups excluding carboxylic acids is 1. The summed E-state index contributed by atoms with van der Waals surface area (Å²) in [6, 6.07) is 8.06. The molecule has 0 aliphatic heterocycles. The number of aromatic carboxylic acids is 1. The molecule has 0 saturated heterocycles. The zero-order valence-corrected chi connectivity index (χ0v) is 14.6. The number of hydrogen-bond donors (Lipinski definition) is 0. The summed E-state index contributed by atoms with van der Waals surface area (Å²) in [5.74, 6) is -1.13. The molecule has 0 saturated carbocycles. The maximum absolute atomic E-state index is 10.1. The first-order valence-electron chi connectivity index (χ1n) is 2.57. The summed E-state index contributed by atoms with van der Waals surface area (Å²) in [7, 11) is 0. The number of carboxylic acids is 1. The molecule has 0 aromatic heterocycles. The average molecular weight is 224 g/mol. The SMILES string of the molecule is O=C([O-])c1ccccc1.[Na+].[Na+].[Na+].[OH-].[OH-]. The van der Waals surface area contributed by atoms with E-state index in [1.165, 1.54) is 12.1 Å². The van der Waals surface area contributed by atoms with Gasteiger partial charge in [-0.15, -0.1) is 0 Å². The van der Waals surface area contributed by atoms with E-state index >= 15 is 0 Å². The van der Waals surface area contributed by atoms with Crippen LogP contribution in [0.25, 0.3) is 0 Å². The third kappa shape index (κ3) is 11.7. The van der Waals surface area contributed by atoms with Crippen LogP contribution in [-0.4, -0.2) is 16.9 Å². The molecule has 62 valence electrons.